The van der Waals surface area contributed by atoms with Crippen LogP contribution >= 0.6 is 15.9 Å². The molecule has 0 atom stereocenters. The lowest BCUT2D eigenvalue weighted by Crippen LogP contribution is -2.39. The van der Waals surface area contributed by atoms with E-state index in [1.54, 1.807) is 6.20 Å². The highest BCUT2D eigenvalue weighted by Gasteiger charge is 2.09. The molecule has 0 radical (unpaired) electrons. The Morgan fingerprint density at radius 3 is 2.91 bits per heavy atom. The number of hydrogen-bond donors (Lipinski definition) is 2. The summed E-state index contributed by atoms with van der Waals surface area (Å²) in [6.07, 6.45) is 1.75. The summed E-state index contributed by atoms with van der Waals surface area (Å²) < 4.78 is 6.37. The van der Waals surface area contributed by atoms with Gasteiger partial charge in [-0.25, -0.2) is 4.98 Å². The van der Waals surface area contributed by atoms with E-state index in [2.05, 4.69) is 41.4 Å². The number of morpholine rings is 1. The number of nitrogens with one attached hydrogen (secondary N) is 2. The molecule has 23 heavy (non-hydrogen) atoms. The van der Waals surface area contributed by atoms with E-state index in [0.717, 1.165) is 55.4 Å². The third-order valence-corrected chi connectivity index (χ3v) is 4.06. The van der Waals surface area contributed by atoms with Crippen LogP contribution in [0, 0.1) is 0 Å². The third-order valence-electron chi connectivity index (χ3n) is 3.57. The molecule has 2 aromatic rings. The molecule has 1 aromatic heterocycles. The monoisotopic (exact) mass is 377 g/mol. The van der Waals surface area contributed by atoms with Crippen LogP contribution in [0.15, 0.2) is 41.0 Å². The molecule has 1 aromatic carbocycles. The van der Waals surface area contributed by atoms with Crippen molar-refractivity contribution in [1.29, 1.82) is 0 Å². The van der Waals surface area contributed by atoms with Crippen molar-refractivity contribution in [3.05, 3.63) is 41.0 Å². The molecule has 122 valence electrons. The van der Waals surface area contributed by atoms with Crippen LogP contribution in [-0.2, 0) is 4.74 Å². The second-order valence-corrected chi connectivity index (χ2v) is 6.20. The Bertz CT molecular complexity index is 633. The topological polar surface area (TPSA) is 62.3 Å². The Hall–Kier alpha value is -1.70. The minimum absolute atomic E-state index is 0.637. The van der Waals surface area contributed by atoms with Gasteiger partial charge in [0.1, 0.15) is 5.82 Å². The molecule has 0 unspecified atom stereocenters. The molecule has 6 nitrogen and oxygen atoms in total. The fraction of sp³-hybridized carbons (Fsp3) is 0.375. The zero-order chi connectivity index (χ0) is 15.9. The predicted octanol–water partition coefficient (Wildman–Crippen LogP) is 2.73. The second kappa shape index (κ2) is 8.24. The van der Waals surface area contributed by atoms with E-state index in [1.807, 2.05) is 30.3 Å². The molecule has 1 aliphatic rings. The van der Waals surface area contributed by atoms with Crippen molar-refractivity contribution in [3.63, 3.8) is 0 Å². The molecular weight excluding hydrogens is 358 g/mol. The number of halogens is 1. The molecule has 3 rings (SSSR count). The summed E-state index contributed by atoms with van der Waals surface area (Å²) in [6.45, 7) is 5.42. The smallest absolute Gasteiger partial charge is 0.224 e. The van der Waals surface area contributed by atoms with Crippen LogP contribution in [0.4, 0.5) is 17.5 Å². The molecule has 0 saturated carbocycles. The highest BCUT2D eigenvalue weighted by atomic mass is 79.9. The number of hydrogen-bond acceptors (Lipinski definition) is 6. The van der Waals surface area contributed by atoms with Gasteiger partial charge in [-0.3, -0.25) is 4.90 Å². The maximum Gasteiger partial charge on any atom is 0.224 e. The molecule has 0 bridgehead atoms. The molecular formula is C16H20BrN5O. The SMILES string of the molecule is Brc1cccc(Nc2ccnc(NCCN3CCOCC3)n2)c1. The van der Waals surface area contributed by atoms with Crippen LogP contribution in [0.5, 0.6) is 0 Å². The number of benzene rings is 1. The summed E-state index contributed by atoms with van der Waals surface area (Å²) in [7, 11) is 0. The van der Waals surface area contributed by atoms with E-state index in [-0.39, 0.29) is 0 Å². The maximum absolute atomic E-state index is 5.35. The Kier molecular flexibility index (Phi) is 5.79. The zero-order valence-corrected chi connectivity index (χ0v) is 14.4. The van der Waals surface area contributed by atoms with Crippen LogP contribution in [0.3, 0.4) is 0 Å². The highest BCUT2D eigenvalue weighted by molar-refractivity contribution is 9.10. The fourth-order valence-electron chi connectivity index (χ4n) is 2.38. The molecule has 7 heteroatoms. The highest BCUT2D eigenvalue weighted by Crippen LogP contribution is 2.19. The first-order chi connectivity index (χ1) is 11.3. The number of ether oxygens (including phenoxy) is 1. The molecule has 2 N–H and O–H groups in total. The van der Waals surface area contributed by atoms with Gasteiger partial charge in [0.25, 0.3) is 0 Å². The average molecular weight is 378 g/mol. The lowest BCUT2D eigenvalue weighted by atomic mass is 10.3. The molecule has 0 aliphatic carbocycles. The van der Waals surface area contributed by atoms with Gasteiger partial charge in [0.05, 0.1) is 13.2 Å². The van der Waals surface area contributed by atoms with Gasteiger partial charge in [0.2, 0.25) is 5.95 Å². The molecule has 1 aliphatic heterocycles. The van der Waals surface area contributed by atoms with Crippen molar-refractivity contribution in [3.8, 4) is 0 Å². The van der Waals surface area contributed by atoms with Crippen LogP contribution < -0.4 is 10.6 Å². The predicted molar refractivity (Wildman–Crippen MR) is 95.2 cm³/mol. The molecule has 0 amide bonds. The maximum atomic E-state index is 5.35. The van der Waals surface area contributed by atoms with E-state index >= 15 is 0 Å². The summed E-state index contributed by atoms with van der Waals surface area (Å²) in [5.74, 6) is 1.41. The van der Waals surface area contributed by atoms with Crippen molar-refractivity contribution in [2.75, 3.05) is 50.0 Å². The lowest BCUT2D eigenvalue weighted by Gasteiger charge is -2.26. The van der Waals surface area contributed by atoms with Gasteiger partial charge >= 0.3 is 0 Å². The first kappa shape index (κ1) is 16.2. The van der Waals surface area contributed by atoms with Gasteiger partial charge in [-0.15, -0.1) is 0 Å². The van der Waals surface area contributed by atoms with Gasteiger partial charge in [0.15, 0.2) is 0 Å². The standard InChI is InChI=1S/C16H20BrN5O/c17-13-2-1-3-14(12-13)20-15-4-5-18-16(21-15)19-6-7-22-8-10-23-11-9-22/h1-5,12H,6-11H2,(H2,18,19,20,21). The minimum Gasteiger partial charge on any atom is -0.379 e. The van der Waals surface area contributed by atoms with E-state index in [4.69, 9.17) is 4.74 Å². The van der Waals surface area contributed by atoms with Crippen LogP contribution in [0.2, 0.25) is 0 Å². The summed E-state index contributed by atoms with van der Waals surface area (Å²) >= 11 is 3.46. The van der Waals surface area contributed by atoms with Gasteiger partial charge < -0.3 is 15.4 Å². The van der Waals surface area contributed by atoms with E-state index in [9.17, 15) is 0 Å². The normalized spacial score (nSPS) is 15.3. The Morgan fingerprint density at radius 2 is 2.09 bits per heavy atom. The third kappa shape index (κ3) is 5.16. The van der Waals surface area contributed by atoms with Crippen molar-refractivity contribution < 1.29 is 4.74 Å². The Balaban J connectivity index is 1.52. The molecule has 2 heterocycles. The van der Waals surface area contributed by atoms with Gasteiger partial charge in [0, 0.05) is 42.5 Å². The zero-order valence-electron chi connectivity index (χ0n) is 12.8. The quantitative estimate of drug-likeness (QED) is 0.806. The van der Waals surface area contributed by atoms with Crippen molar-refractivity contribution >= 4 is 33.4 Å². The summed E-state index contributed by atoms with van der Waals surface area (Å²) in [6, 6.07) is 9.83. The Labute approximate surface area is 144 Å². The fourth-order valence-corrected chi connectivity index (χ4v) is 2.78. The van der Waals surface area contributed by atoms with Crippen molar-refractivity contribution in [2.24, 2.45) is 0 Å². The van der Waals surface area contributed by atoms with E-state index in [0.29, 0.717) is 5.95 Å². The van der Waals surface area contributed by atoms with Crippen molar-refractivity contribution in [1.82, 2.24) is 14.9 Å². The molecule has 1 fully saturated rings. The van der Waals surface area contributed by atoms with Crippen LogP contribution in [-0.4, -0.2) is 54.3 Å². The Morgan fingerprint density at radius 1 is 1.22 bits per heavy atom. The van der Waals surface area contributed by atoms with E-state index in [1.165, 1.54) is 0 Å². The number of anilines is 3. The summed E-state index contributed by atoms with van der Waals surface area (Å²) in [5, 5.41) is 6.55. The summed E-state index contributed by atoms with van der Waals surface area (Å²) in [4.78, 5) is 11.1. The van der Waals surface area contributed by atoms with Gasteiger partial charge in [-0.2, -0.15) is 4.98 Å². The number of aromatic nitrogens is 2. The summed E-state index contributed by atoms with van der Waals surface area (Å²) in [5.41, 5.74) is 0.984. The first-order valence-corrected chi connectivity index (χ1v) is 8.48. The van der Waals surface area contributed by atoms with Gasteiger partial charge in [-0.1, -0.05) is 22.0 Å². The van der Waals surface area contributed by atoms with Gasteiger partial charge in [-0.05, 0) is 24.3 Å². The number of rotatable bonds is 6. The van der Waals surface area contributed by atoms with Crippen LogP contribution in [0.1, 0.15) is 0 Å². The molecule has 1 saturated heterocycles. The van der Waals surface area contributed by atoms with Crippen LogP contribution in [0.25, 0.3) is 0 Å². The second-order valence-electron chi connectivity index (χ2n) is 5.28. The van der Waals surface area contributed by atoms with Crippen molar-refractivity contribution in [2.45, 2.75) is 0 Å². The number of nitrogens with zero attached hydrogens (tertiary/aromatic N) is 3. The van der Waals surface area contributed by atoms with E-state index < -0.39 is 0 Å². The largest absolute Gasteiger partial charge is 0.379 e. The lowest BCUT2D eigenvalue weighted by molar-refractivity contribution is 0.0398. The first-order valence-electron chi connectivity index (χ1n) is 7.69. The average Bonchev–Trinajstić information content (AvgIpc) is 2.56. The minimum atomic E-state index is 0.637. The molecule has 0 spiro atoms.